The van der Waals surface area contributed by atoms with Crippen LogP contribution in [0, 0.1) is 5.21 Å². The molecule has 11 nitrogen and oxygen atoms in total. The maximum Gasteiger partial charge on any atom is 0.419 e. The van der Waals surface area contributed by atoms with Crippen LogP contribution in [0.2, 0.25) is 0 Å². The van der Waals surface area contributed by atoms with Gasteiger partial charge < -0.3 is 29.5 Å². The predicted octanol–water partition coefficient (Wildman–Crippen LogP) is 0.0199. The molecule has 2 aromatic rings. The van der Waals surface area contributed by atoms with Crippen molar-refractivity contribution in [2.75, 3.05) is 27.4 Å². The van der Waals surface area contributed by atoms with Gasteiger partial charge in [-0.1, -0.05) is 10.1 Å². The van der Waals surface area contributed by atoms with Crippen molar-refractivity contribution in [3.8, 4) is 0 Å². The van der Waals surface area contributed by atoms with Crippen molar-refractivity contribution in [3.63, 3.8) is 0 Å². The van der Waals surface area contributed by atoms with E-state index in [1.807, 2.05) is 0 Å². The van der Waals surface area contributed by atoms with Crippen molar-refractivity contribution < 1.29 is 24.5 Å². The lowest BCUT2D eigenvalue weighted by atomic mass is 10.4. The van der Waals surface area contributed by atoms with Gasteiger partial charge in [0.15, 0.2) is 0 Å². The average Bonchev–Trinajstić information content (AvgIpc) is 3.17. The van der Waals surface area contributed by atoms with Gasteiger partial charge in [0.25, 0.3) is 5.95 Å². The van der Waals surface area contributed by atoms with Gasteiger partial charge in [-0.3, -0.25) is 0 Å². The normalized spacial score (nSPS) is 14.6. The van der Waals surface area contributed by atoms with Crippen LogP contribution in [0.25, 0.3) is 0 Å². The molecule has 2 rings (SSSR count). The average molecular weight is 354 g/mol. The summed E-state index contributed by atoms with van der Waals surface area (Å²) < 4.78 is 12.7. The number of aliphatic hydroxyl groups is 2. The lowest BCUT2D eigenvalue weighted by Crippen LogP contribution is -2.22. The second-order valence-corrected chi connectivity index (χ2v) is 5.35. The minimum absolute atomic E-state index is 0.00198. The van der Waals surface area contributed by atoms with E-state index in [1.54, 1.807) is 12.4 Å². The Balaban J connectivity index is 2.15. The molecule has 0 spiro atoms. The number of hydrogen-bond donors (Lipinski definition) is 2. The summed E-state index contributed by atoms with van der Waals surface area (Å²) in [7, 11) is 2.96. The van der Waals surface area contributed by atoms with Gasteiger partial charge >= 0.3 is 5.95 Å². The van der Waals surface area contributed by atoms with E-state index in [-0.39, 0.29) is 38.2 Å². The lowest BCUT2D eigenvalue weighted by Gasteiger charge is -2.12. The van der Waals surface area contributed by atoms with Crippen molar-refractivity contribution in [3.05, 3.63) is 30.0 Å². The summed E-state index contributed by atoms with van der Waals surface area (Å²) in [5, 5.41) is 35.8. The number of rotatable bonds is 10. The number of aromatic nitrogens is 4. The van der Waals surface area contributed by atoms with Gasteiger partial charge in [-0.05, 0) is 0 Å². The first-order valence-corrected chi connectivity index (χ1v) is 7.60. The molecule has 2 atom stereocenters. The zero-order valence-electron chi connectivity index (χ0n) is 14.1. The summed E-state index contributed by atoms with van der Waals surface area (Å²) in [4.78, 5) is 8.27. The van der Waals surface area contributed by atoms with Crippen LogP contribution in [0.1, 0.15) is 0 Å². The number of hydrogen-bond acceptors (Lipinski definition) is 8. The maximum absolute atomic E-state index is 12.3. The molecule has 0 amide bonds. The van der Waals surface area contributed by atoms with Crippen molar-refractivity contribution >= 4 is 11.9 Å². The van der Waals surface area contributed by atoms with Crippen LogP contribution in [0.5, 0.6) is 0 Å². The second kappa shape index (κ2) is 9.22. The minimum atomic E-state index is -0.780. The first-order chi connectivity index (χ1) is 12.0. The van der Waals surface area contributed by atoms with Gasteiger partial charge in [0.05, 0.1) is 32.4 Å². The molecule has 0 saturated carbocycles. The van der Waals surface area contributed by atoms with E-state index in [2.05, 4.69) is 15.1 Å². The van der Waals surface area contributed by atoms with Crippen LogP contribution in [0.3, 0.4) is 0 Å². The summed E-state index contributed by atoms with van der Waals surface area (Å²) in [6, 6.07) is 0. The number of azo groups is 1. The maximum atomic E-state index is 12.3. The smallest absolute Gasteiger partial charge is 0.419 e. The molecule has 0 saturated heterocycles. The monoisotopic (exact) mass is 354 g/mol. The van der Waals surface area contributed by atoms with E-state index >= 15 is 0 Å². The van der Waals surface area contributed by atoms with Gasteiger partial charge in [0.2, 0.25) is 0 Å². The number of ether oxygens (including phenoxy) is 2. The molecular formula is C14H22N6O5. The topological polar surface area (TPSA) is 133 Å². The molecule has 2 aromatic heterocycles. The van der Waals surface area contributed by atoms with E-state index < -0.39 is 12.2 Å². The summed E-state index contributed by atoms with van der Waals surface area (Å²) in [6.07, 6.45) is 4.53. The van der Waals surface area contributed by atoms with E-state index in [0.29, 0.717) is 4.86 Å². The van der Waals surface area contributed by atoms with Crippen LogP contribution in [0.4, 0.5) is 11.9 Å². The van der Waals surface area contributed by atoms with Crippen LogP contribution < -0.4 is 0 Å². The predicted molar refractivity (Wildman–Crippen MR) is 85.6 cm³/mol. The summed E-state index contributed by atoms with van der Waals surface area (Å²) >= 11 is 0. The Labute approximate surface area is 144 Å². The minimum Gasteiger partial charge on any atom is -0.721 e. The molecule has 0 aliphatic carbocycles. The molecule has 0 aliphatic rings. The van der Waals surface area contributed by atoms with Crippen molar-refractivity contribution in [1.82, 2.24) is 19.1 Å². The fourth-order valence-corrected chi connectivity index (χ4v) is 2.24. The first kappa shape index (κ1) is 19.0. The van der Waals surface area contributed by atoms with E-state index in [0.717, 1.165) is 0 Å². The van der Waals surface area contributed by atoms with Crippen LogP contribution in [0.15, 0.2) is 29.9 Å². The Hall–Kier alpha value is -2.34. The Kier molecular flexibility index (Phi) is 7.01. The first-order valence-electron chi connectivity index (χ1n) is 7.60. The zero-order chi connectivity index (χ0) is 18.2. The highest BCUT2D eigenvalue weighted by Crippen LogP contribution is 2.16. The molecule has 0 radical (unpaired) electrons. The number of aliphatic hydroxyl groups excluding tert-OH is 2. The molecule has 25 heavy (non-hydrogen) atoms. The second-order valence-electron chi connectivity index (χ2n) is 5.35. The standard InChI is InChI=1S/C14H22N6O5/c1-24-9-11(21)7-18-5-3-15-13(18)17-20(23)14-16-4-6-19(14)8-12(22)10-25-2/h3-6,11-12,21-22H,7-10H2,1-2H3/b20-17+. The molecule has 11 heteroatoms. The molecule has 2 heterocycles. The van der Waals surface area contributed by atoms with Crippen LogP contribution in [-0.2, 0) is 22.6 Å². The molecule has 0 fully saturated rings. The highest BCUT2D eigenvalue weighted by molar-refractivity contribution is 5.15. The number of nitrogens with zero attached hydrogens (tertiary/aromatic N) is 6. The molecule has 2 N–H and O–H groups in total. The Morgan fingerprint density at radius 3 is 2.28 bits per heavy atom. The van der Waals surface area contributed by atoms with E-state index in [1.165, 1.54) is 35.7 Å². The Bertz CT molecular complexity index is 685. The summed E-state index contributed by atoms with van der Waals surface area (Å²) in [5.74, 6) is 0.124. The molecule has 138 valence electrons. The third-order valence-electron chi connectivity index (χ3n) is 3.27. The van der Waals surface area contributed by atoms with E-state index in [9.17, 15) is 15.4 Å². The number of methoxy groups -OCH3 is 2. The van der Waals surface area contributed by atoms with Crippen molar-refractivity contribution in [1.29, 1.82) is 0 Å². The van der Waals surface area contributed by atoms with Crippen molar-refractivity contribution in [2.24, 2.45) is 5.11 Å². The lowest BCUT2D eigenvalue weighted by molar-refractivity contribution is -0.447. The van der Waals surface area contributed by atoms with Gasteiger partial charge in [0, 0.05) is 26.6 Å². The van der Waals surface area contributed by atoms with Crippen molar-refractivity contribution in [2.45, 2.75) is 25.3 Å². The highest BCUT2D eigenvalue weighted by Gasteiger charge is 2.18. The fourth-order valence-electron chi connectivity index (χ4n) is 2.24. The van der Waals surface area contributed by atoms with E-state index in [4.69, 9.17) is 9.47 Å². The molecule has 2 unspecified atom stereocenters. The zero-order valence-corrected chi connectivity index (χ0v) is 14.1. The fraction of sp³-hybridized carbons (Fsp3) is 0.571. The number of imidazole rings is 2. The highest BCUT2D eigenvalue weighted by atomic mass is 16.5. The van der Waals surface area contributed by atoms with Gasteiger partial charge in [-0.15, -0.1) is 4.86 Å². The third-order valence-corrected chi connectivity index (χ3v) is 3.27. The Morgan fingerprint density at radius 2 is 1.64 bits per heavy atom. The third kappa shape index (κ3) is 5.32. The summed E-state index contributed by atoms with van der Waals surface area (Å²) in [5.41, 5.74) is 0. The SMILES string of the molecule is COCC(O)Cn1ccnc1/N=[N+](/[O-])c1nccn1CC(O)COC. The van der Waals surface area contributed by atoms with Gasteiger partial charge in [-0.25, -0.2) is 9.55 Å². The van der Waals surface area contributed by atoms with Gasteiger partial charge in [-0.2, -0.15) is 0 Å². The molecule has 0 aliphatic heterocycles. The van der Waals surface area contributed by atoms with Crippen LogP contribution >= 0.6 is 0 Å². The Morgan fingerprint density at radius 1 is 1.08 bits per heavy atom. The van der Waals surface area contributed by atoms with Gasteiger partial charge in [0.1, 0.15) is 18.5 Å². The molecular weight excluding hydrogens is 332 g/mol. The van der Waals surface area contributed by atoms with Crippen LogP contribution in [-0.4, -0.2) is 73.8 Å². The quantitative estimate of drug-likeness (QED) is 0.349. The largest absolute Gasteiger partial charge is 0.721 e. The molecule has 0 bridgehead atoms. The molecule has 0 aromatic carbocycles. The summed E-state index contributed by atoms with van der Waals surface area (Å²) in [6.45, 7) is 0.607.